The van der Waals surface area contributed by atoms with E-state index in [0.717, 1.165) is 29.7 Å². The third-order valence-corrected chi connectivity index (χ3v) is 5.52. The maximum Gasteiger partial charge on any atom is 0.176 e. The zero-order valence-electron chi connectivity index (χ0n) is 13.2. The van der Waals surface area contributed by atoms with Crippen molar-refractivity contribution in [2.24, 2.45) is 11.8 Å². The molecule has 120 valence electrons. The molecule has 0 bridgehead atoms. The summed E-state index contributed by atoms with van der Waals surface area (Å²) in [5.74, 6) is -0.789. The Bertz CT molecular complexity index is 907. The number of allylic oxidation sites excluding steroid dienone is 2. The molecule has 0 radical (unpaired) electrons. The van der Waals surface area contributed by atoms with Crippen LogP contribution in [-0.4, -0.2) is 16.0 Å². The van der Waals surface area contributed by atoms with Gasteiger partial charge in [0.05, 0.1) is 22.9 Å². The lowest BCUT2D eigenvalue weighted by atomic mass is 9.54. The first-order chi connectivity index (χ1) is 11.6. The highest BCUT2D eigenvalue weighted by atomic mass is 19.1. The van der Waals surface area contributed by atoms with Crippen molar-refractivity contribution in [1.82, 2.24) is 10.2 Å². The van der Waals surface area contributed by atoms with Crippen molar-refractivity contribution in [1.29, 1.82) is 5.26 Å². The zero-order valence-corrected chi connectivity index (χ0v) is 13.2. The van der Waals surface area contributed by atoms with E-state index in [1.54, 1.807) is 18.3 Å². The maximum absolute atomic E-state index is 14.0. The highest BCUT2D eigenvalue weighted by molar-refractivity contribution is 6.02. The number of Topliss-reactive ketones (excluding diaryl/α,β-unsaturated/α-hetero) is 1. The maximum atomic E-state index is 14.0. The second-order valence-electron chi connectivity index (χ2n) is 6.62. The van der Waals surface area contributed by atoms with Crippen LogP contribution in [0.3, 0.4) is 0 Å². The minimum Gasteiger partial charge on any atom is -0.293 e. The van der Waals surface area contributed by atoms with Gasteiger partial charge in [0.25, 0.3) is 0 Å². The summed E-state index contributed by atoms with van der Waals surface area (Å²) in [7, 11) is 0. The van der Waals surface area contributed by atoms with E-state index in [1.807, 2.05) is 19.1 Å². The van der Waals surface area contributed by atoms with Gasteiger partial charge in [0, 0.05) is 5.92 Å². The van der Waals surface area contributed by atoms with Crippen LogP contribution in [0.15, 0.2) is 42.1 Å². The Kier molecular flexibility index (Phi) is 3.17. The van der Waals surface area contributed by atoms with Crippen LogP contribution in [0.5, 0.6) is 0 Å². The summed E-state index contributed by atoms with van der Waals surface area (Å²) in [6, 6.07) is 8.46. The van der Waals surface area contributed by atoms with Crippen molar-refractivity contribution in [3.8, 4) is 6.07 Å². The second kappa shape index (κ2) is 5.13. The lowest BCUT2D eigenvalue weighted by Gasteiger charge is -2.47. The predicted molar refractivity (Wildman–Crippen MR) is 85.4 cm³/mol. The van der Waals surface area contributed by atoms with Crippen LogP contribution in [0.2, 0.25) is 0 Å². The lowest BCUT2D eigenvalue weighted by Crippen LogP contribution is -2.48. The number of fused-ring (bicyclic) bond motifs is 3. The quantitative estimate of drug-likeness (QED) is 0.877. The third-order valence-electron chi connectivity index (χ3n) is 5.52. The summed E-state index contributed by atoms with van der Waals surface area (Å²) in [5, 5.41) is 16.7. The summed E-state index contributed by atoms with van der Waals surface area (Å²) in [6.45, 7) is 1.87. The number of hydrogen-bond donors (Lipinski definition) is 1. The van der Waals surface area contributed by atoms with Gasteiger partial charge >= 0.3 is 0 Å². The monoisotopic (exact) mass is 321 g/mol. The number of halogens is 1. The van der Waals surface area contributed by atoms with Gasteiger partial charge < -0.3 is 0 Å². The number of aromatic nitrogens is 2. The predicted octanol–water partition coefficient (Wildman–Crippen LogP) is 3.07. The van der Waals surface area contributed by atoms with Gasteiger partial charge in [0.2, 0.25) is 0 Å². The molecule has 0 aliphatic heterocycles. The molecule has 0 unspecified atom stereocenters. The number of ketones is 1. The van der Waals surface area contributed by atoms with Crippen LogP contribution in [-0.2, 0) is 16.6 Å². The number of aromatic amines is 1. The van der Waals surface area contributed by atoms with E-state index in [9.17, 15) is 14.4 Å². The third kappa shape index (κ3) is 1.83. The molecule has 5 heteroatoms. The van der Waals surface area contributed by atoms with Crippen molar-refractivity contribution in [2.45, 2.75) is 25.2 Å². The van der Waals surface area contributed by atoms with Gasteiger partial charge in [0.1, 0.15) is 11.9 Å². The van der Waals surface area contributed by atoms with Crippen LogP contribution < -0.4 is 0 Å². The van der Waals surface area contributed by atoms with Crippen molar-refractivity contribution < 1.29 is 9.18 Å². The molecule has 4 nitrogen and oxygen atoms in total. The molecule has 1 aromatic carbocycles. The number of carbonyl (C=O) groups is 1. The smallest absolute Gasteiger partial charge is 0.176 e. The molecular weight excluding hydrogens is 305 g/mol. The van der Waals surface area contributed by atoms with E-state index in [2.05, 4.69) is 10.2 Å². The zero-order chi connectivity index (χ0) is 16.9. The van der Waals surface area contributed by atoms with Gasteiger partial charge in [-0.3, -0.25) is 9.89 Å². The first-order valence-corrected chi connectivity index (χ1v) is 8.04. The highest BCUT2D eigenvalue weighted by Crippen LogP contribution is 2.53. The van der Waals surface area contributed by atoms with Crippen LogP contribution in [0.1, 0.15) is 30.2 Å². The van der Waals surface area contributed by atoms with Crippen molar-refractivity contribution in [2.75, 3.05) is 0 Å². The number of nitrogens with one attached hydrogen (secondary N) is 1. The summed E-state index contributed by atoms with van der Waals surface area (Å²) < 4.78 is 14.0. The Morgan fingerprint density at radius 3 is 3.04 bits per heavy atom. The van der Waals surface area contributed by atoms with Crippen LogP contribution >= 0.6 is 0 Å². The molecule has 1 aromatic heterocycles. The van der Waals surface area contributed by atoms with E-state index >= 15 is 0 Å². The molecule has 24 heavy (non-hydrogen) atoms. The number of carbonyl (C=O) groups excluding carboxylic acids is 1. The molecule has 0 amide bonds. The molecule has 1 N–H and O–H groups in total. The minimum absolute atomic E-state index is 0.0307. The number of hydrogen-bond acceptors (Lipinski definition) is 3. The number of H-pyrrole nitrogens is 1. The number of benzene rings is 1. The average Bonchev–Trinajstić information content (AvgIpc) is 3.07. The van der Waals surface area contributed by atoms with Crippen molar-refractivity contribution in [3.63, 3.8) is 0 Å². The number of rotatable bonds is 1. The van der Waals surface area contributed by atoms with Gasteiger partial charge in [-0.2, -0.15) is 10.4 Å². The Hall–Kier alpha value is -2.74. The Balaban J connectivity index is 2.08. The fourth-order valence-corrected chi connectivity index (χ4v) is 4.41. The molecule has 4 rings (SSSR count). The van der Waals surface area contributed by atoms with Gasteiger partial charge in [-0.1, -0.05) is 19.1 Å². The molecule has 2 aliphatic carbocycles. The minimum atomic E-state index is -0.718. The summed E-state index contributed by atoms with van der Waals surface area (Å²) in [6.07, 6.45) is 5.13. The first-order valence-electron chi connectivity index (χ1n) is 8.04. The molecule has 2 aliphatic rings. The molecule has 0 fully saturated rings. The molecular formula is C19H16FN3O. The highest BCUT2D eigenvalue weighted by Gasteiger charge is 2.52. The van der Waals surface area contributed by atoms with Crippen LogP contribution in [0, 0.1) is 29.0 Å². The van der Waals surface area contributed by atoms with Crippen LogP contribution in [0.4, 0.5) is 4.39 Å². The topological polar surface area (TPSA) is 69.5 Å². The SMILES string of the molecule is C[C@@H]1C(=O)C(C#N)=C[C@]2(c3cccc(F)c3)c3[nH]ncc3CC[C@@H]12. The van der Waals surface area contributed by atoms with Crippen LogP contribution in [0.25, 0.3) is 0 Å². The van der Waals surface area contributed by atoms with Gasteiger partial charge in [-0.25, -0.2) is 4.39 Å². The van der Waals surface area contributed by atoms with E-state index < -0.39 is 5.41 Å². The number of nitriles is 1. The van der Waals surface area contributed by atoms with Crippen molar-refractivity contribution >= 4 is 5.78 Å². The fourth-order valence-electron chi connectivity index (χ4n) is 4.41. The molecule has 0 saturated carbocycles. The Morgan fingerprint density at radius 2 is 2.29 bits per heavy atom. The Labute approximate surface area is 139 Å². The molecule has 1 heterocycles. The molecule has 0 saturated heterocycles. The van der Waals surface area contributed by atoms with Gasteiger partial charge in [0.15, 0.2) is 5.78 Å². The van der Waals surface area contributed by atoms with E-state index in [4.69, 9.17) is 0 Å². The second-order valence-corrected chi connectivity index (χ2v) is 6.62. The normalized spacial score (nSPS) is 28.5. The van der Waals surface area contributed by atoms with Gasteiger partial charge in [-0.05, 0) is 48.1 Å². The number of aryl methyl sites for hydroxylation is 1. The summed E-state index contributed by atoms with van der Waals surface area (Å²) >= 11 is 0. The summed E-state index contributed by atoms with van der Waals surface area (Å²) in [5.41, 5.74) is 2.11. The fraction of sp³-hybridized carbons (Fsp3) is 0.316. The molecule has 3 atom stereocenters. The Morgan fingerprint density at radius 1 is 1.46 bits per heavy atom. The number of nitrogens with zero attached hydrogens (tertiary/aromatic N) is 2. The standard InChI is InChI=1S/C19H16FN3O/c1-11-16-6-5-12-10-22-23-18(12)19(16,8-13(9-21)17(11)24)14-3-2-4-15(20)7-14/h2-4,7-8,10-11,16H,5-6H2,1H3,(H,22,23)/t11-,16-,19+/m0/s1. The van der Waals surface area contributed by atoms with Gasteiger partial charge in [-0.15, -0.1) is 0 Å². The lowest BCUT2D eigenvalue weighted by molar-refractivity contribution is -0.121. The van der Waals surface area contributed by atoms with E-state index in [1.165, 1.54) is 12.1 Å². The van der Waals surface area contributed by atoms with Crippen molar-refractivity contribution in [3.05, 3.63) is 64.7 Å². The average molecular weight is 321 g/mol. The largest absolute Gasteiger partial charge is 0.293 e. The van der Waals surface area contributed by atoms with E-state index in [-0.39, 0.29) is 29.0 Å². The molecule has 0 spiro atoms. The molecule has 2 aromatic rings. The summed E-state index contributed by atoms with van der Waals surface area (Å²) in [4.78, 5) is 12.5. The van der Waals surface area contributed by atoms with E-state index in [0.29, 0.717) is 0 Å². The first kappa shape index (κ1) is 14.8.